The molecule has 0 radical (unpaired) electrons. The molecule has 5 nitrogen and oxygen atoms in total. The van der Waals surface area contributed by atoms with Crippen LogP contribution in [-0.2, 0) is 9.59 Å². The Balaban J connectivity index is 1.18. The van der Waals surface area contributed by atoms with Crippen LogP contribution in [0.15, 0.2) is 59.1 Å². The zero-order chi connectivity index (χ0) is 20.2. The molecule has 1 aliphatic carbocycles. The lowest BCUT2D eigenvalue weighted by atomic mass is 10.0. The summed E-state index contributed by atoms with van der Waals surface area (Å²) in [6.07, 6.45) is 2.71. The number of nitrogens with one attached hydrogen (secondary N) is 2. The minimum atomic E-state index is 0.00790. The van der Waals surface area contributed by atoms with Crippen molar-refractivity contribution in [1.29, 1.82) is 0 Å². The minimum absolute atomic E-state index is 0.00790. The molecule has 1 saturated carbocycles. The van der Waals surface area contributed by atoms with Crippen LogP contribution in [0, 0.1) is 5.92 Å². The number of hydrogen-bond acceptors (Lipinski definition) is 3. The highest BCUT2D eigenvalue weighted by atomic mass is 79.9. The number of likely N-dealkylation sites (tertiary alicyclic amines) is 1. The normalized spacial score (nSPS) is 22.1. The summed E-state index contributed by atoms with van der Waals surface area (Å²) in [5.41, 5.74) is 2.06. The topological polar surface area (TPSA) is 61.4 Å². The van der Waals surface area contributed by atoms with E-state index >= 15 is 0 Å². The summed E-state index contributed by atoms with van der Waals surface area (Å²) in [7, 11) is 0. The number of benzene rings is 2. The van der Waals surface area contributed by atoms with E-state index in [1.54, 1.807) is 0 Å². The highest BCUT2D eigenvalue weighted by Gasteiger charge is 2.44. The maximum Gasteiger partial charge on any atom is 0.238 e. The van der Waals surface area contributed by atoms with Crippen molar-refractivity contribution in [3.63, 3.8) is 0 Å². The van der Waals surface area contributed by atoms with E-state index < -0.39 is 0 Å². The van der Waals surface area contributed by atoms with E-state index in [0.717, 1.165) is 42.5 Å². The van der Waals surface area contributed by atoms with Gasteiger partial charge < -0.3 is 10.6 Å². The van der Waals surface area contributed by atoms with Crippen LogP contribution in [0.2, 0.25) is 0 Å². The SMILES string of the molecule is O=C(CN1CCC(NC(=O)C2CC2c2cccc(Br)c2)CC1)Nc1ccccc1. The van der Waals surface area contributed by atoms with E-state index in [4.69, 9.17) is 0 Å². The Morgan fingerprint density at radius 3 is 2.52 bits per heavy atom. The number of halogens is 1. The van der Waals surface area contributed by atoms with Crippen molar-refractivity contribution < 1.29 is 9.59 Å². The summed E-state index contributed by atoms with van der Waals surface area (Å²) in [6, 6.07) is 18.0. The van der Waals surface area contributed by atoms with Crippen LogP contribution in [-0.4, -0.2) is 42.4 Å². The van der Waals surface area contributed by atoms with E-state index in [1.165, 1.54) is 5.56 Å². The van der Waals surface area contributed by atoms with E-state index in [-0.39, 0.29) is 23.8 Å². The number of para-hydroxylation sites is 1. The molecule has 4 rings (SSSR count). The quantitative estimate of drug-likeness (QED) is 0.696. The van der Waals surface area contributed by atoms with Gasteiger partial charge in [-0.15, -0.1) is 0 Å². The summed E-state index contributed by atoms with van der Waals surface area (Å²) >= 11 is 3.50. The predicted octanol–water partition coefficient (Wildman–Crippen LogP) is 3.77. The van der Waals surface area contributed by atoms with Crippen LogP contribution < -0.4 is 10.6 Å². The molecular weight excluding hydrogens is 430 g/mol. The molecule has 2 amide bonds. The number of rotatable bonds is 6. The van der Waals surface area contributed by atoms with Gasteiger partial charge in [-0.25, -0.2) is 0 Å². The molecular formula is C23H26BrN3O2. The second-order valence-corrected chi connectivity index (χ2v) is 8.89. The Hall–Kier alpha value is -2.18. The lowest BCUT2D eigenvalue weighted by Gasteiger charge is -2.31. The largest absolute Gasteiger partial charge is 0.353 e. The van der Waals surface area contributed by atoms with Crippen LogP contribution in [0.5, 0.6) is 0 Å². The number of anilines is 1. The van der Waals surface area contributed by atoms with Gasteiger partial charge in [-0.3, -0.25) is 14.5 Å². The highest BCUT2D eigenvalue weighted by Crippen LogP contribution is 2.48. The fourth-order valence-corrected chi connectivity index (χ4v) is 4.48. The fourth-order valence-electron chi connectivity index (χ4n) is 4.06. The minimum Gasteiger partial charge on any atom is -0.353 e. The van der Waals surface area contributed by atoms with Gasteiger partial charge in [0.2, 0.25) is 11.8 Å². The average molecular weight is 456 g/mol. The second kappa shape index (κ2) is 9.09. The molecule has 2 N–H and O–H groups in total. The Morgan fingerprint density at radius 2 is 1.79 bits per heavy atom. The van der Waals surface area contributed by atoms with Crippen molar-refractivity contribution in [2.75, 3.05) is 25.0 Å². The zero-order valence-corrected chi connectivity index (χ0v) is 17.9. The standard InChI is InChI=1S/C23H26BrN3O2/c24-17-6-4-5-16(13-17)20-14-21(20)23(29)26-19-9-11-27(12-10-19)15-22(28)25-18-7-2-1-3-8-18/h1-8,13,19-21H,9-12,14-15H2,(H,25,28)(H,26,29). The molecule has 152 valence electrons. The third kappa shape index (κ3) is 5.46. The molecule has 2 aromatic carbocycles. The van der Waals surface area contributed by atoms with E-state index in [0.29, 0.717) is 12.5 Å². The number of amides is 2. The van der Waals surface area contributed by atoms with Crippen LogP contribution in [0.4, 0.5) is 5.69 Å². The molecule has 0 spiro atoms. The van der Waals surface area contributed by atoms with Crippen LogP contribution >= 0.6 is 15.9 Å². The van der Waals surface area contributed by atoms with Gasteiger partial charge in [-0.05, 0) is 55.0 Å². The first-order valence-electron chi connectivity index (χ1n) is 10.2. The third-order valence-corrected chi connectivity index (χ3v) is 6.26. The summed E-state index contributed by atoms with van der Waals surface area (Å²) in [5.74, 6) is 0.622. The van der Waals surface area contributed by atoms with Gasteiger partial charge in [-0.2, -0.15) is 0 Å². The first-order valence-corrected chi connectivity index (χ1v) is 11.0. The van der Waals surface area contributed by atoms with Gasteiger partial charge in [0.05, 0.1) is 6.54 Å². The first-order chi connectivity index (χ1) is 14.1. The van der Waals surface area contributed by atoms with Crippen molar-refractivity contribution in [3.05, 3.63) is 64.6 Å². The van der Waals surface area contributed by atoms with Crippen molar-refractivity contribution in [1.82, 2.24) is 10.2 Å². The molecule has 6 heteroatoms. The van der Waals surface area contributed by atoms with Crippen LogP contribution in [0.25, 0.3) is 0 Å². The molecule has 1 aliphatic heterocycles. The predicted molar refractivity (Wildman–Crippen MR) is 118 cm³/mol. The number of carbonyl (C=O) groups excluding carboxylic acids is 2. The Labute approximate surface area is 180 Å². The second-order valence-electron chi connectivity index (χ2n) is 7.98. The van der Waals surface area contributed by atoms with Gasteiger partial charge >= 0.3 is 0 Å². The molecule has 2 aliphatic rings. The Bertz CT molecular complexity index is 865. The monoisotopic (exact) mass is 455 g/mol. The molecule has 29 heavy (non-hydrogen) atoms. The van der Waals surface area contributed by atoms with E-state index in [9.17, 15) is 9.59 Å². The maximum atomic E-state index is 12.6. The summed E-state index contributed by atoms with van der Waals surface area (Å²) < 4.78 is 1.06. The lowest BCUT2D eigenvalue weighted by Crippen LogP contribution is -2.47. The summed E-state index contributed by atoms with van der Waals surface area (Å²) in [4.78, 5) is 27.0. The van der Waals surface area contributed by atoms with Crippen LogP contribution in [0.3, 0.4) is 0 Å². The molecule has 0 bridgehead atoms. The number of carbonyl (C=O) groups is 2. The van der Waals surface area contributed by atoms with E-state index in [1.807, 2.05) is 42.5 Å². The lowest BCUT2D eigenvalue weighted by molar-refractivity contribution is -0.124. The molecule has 1 saturated heterocycles. The molecule has 2 unspecified atom stereocenters. The summed E-state index contributed by atoms with van der Waals surface area (Å²) in [6.45, 7) is 2.04. The number of nitrogens with zero attached hydrogens (tertiary/aromatic N) is 1. The van der Waals surface area contributed by atoms with Gasteiger partial charge in [0.25, 0.3) is 0 Å². The summed E-state index contributed by atoms with van der Waals surface area (Å²) in [5, 5.41) is 6.16. The van der Waals surface area contributed by atoms with Crippen molar-refractivity contribution in [2.24, 2.45) is 5.92 Å². The molecule has 2 atom stereocenters. The molecule has 1 heterocycles. The fraction of sp³-hybridized carbons (Fsp3) is 0.391. The molecule has 2 fully saturated rings. The highest BCUT2D eigenvalue weighted by molar-refractivity contribution is 9.10. The molecule has 0 aromatic heterocycles. The smallest absolute Gasteiger partial charge is 0.238 e. The van der Waals surface area contributed by atoms with Gasteiger partial charge in [0.15, 0.2) is 0 Å². The Morgan fingerprint density at radius 1 is 1.03 bits per heavy atom. The maximum absolute atomic E-state index is 12.6. The third-order valence-electron chi connectivity index (χ3n) is 5.76. The van der Waals surface area contributed by atoms with Gasteiger partial charge in [0.1, 0.15) is 0 Å². The zero-order valence-electron chi connectivity index (χ0n) is 16.3. The number of piperidine rings is 1. The van der Waals surface area contributed by atoms with Crippen LogP contribution in [0.1, 0.15) is 30.7 Å². The van der Waals surface area contributed by atoms with Crippen molar-refractivity contribution in [2.45, 2.75) is 31.2 Å². The van der Waals surface area contributed by atoms with E-state index in [2.05, 4.69) is 43.6 Å². The average Bonchev–Trinajstić information content (AvgIpc) is 3.51. The van der Waals surface area contributed by atoms with Gasteiger partial charge in [0, 0.05) is 35.2 Å². The number of hydrogen-bond donors (Lipinski definition) is 2. The van der Waals surface area contributed by atoms with Crippen molar-refractivity contribution >= 4 is 33.4 Å². The van der Waals surface area contributed by atoms with Crippen molar-refractivity contribution in [3.8, 4) is 0 Å². The first kappa shape index (κ1) is 20.1. The molecule has 2 aromatic rings. The Kier molecular flexibility index (Phi) is 6.31. The van der Waals surface area contributed by atoms with Gasteiger partial charge in [-0.1, -0.05) is 46.3 Å².